The fraction of sp³-hybridized carbons (Fsp3) is 0.550. The summed E-state index contributed by atoms with van der Waals surface area (Å²) in [6.45, 7) is 2.68. The minimum Gasteiger partial charge on any atom is -0.480 e. The van der Waals surface area contributed by atoms with Crippen LogP contribution in [0.25, 0.3) is 0 Å². The van der Waals surface area contributed by atoms with Crippen molar-refractivity contribution >= 4 is 17.8 Å². The number of ether oxygens (including phenoxy) is 1. The summed E-state index contributed by atoms with van der Waals surface area (Å²) >= 11 is 0. The molecule has 2 amide bonds. The van der Waals surface area contributed by atoms with Crippen LogP contribution in [0.15, 0.2) is 30.3 Å². The number of carboxylic acids is 1. The third-order valence-corrected chi connectivity index (χ3v) is 5.15. The highest BCUT2D eigenvalue weighted by Crippen LogP contribution is 2.23. The van der Waals surface area contributed by atoms with Gasteiger partial charge in [-0.25, -0.2) is 0 Å². The van der Waals surface area contributed by atoms with Crippen molar-refractivity contribution in [2.24, 2.45) is 5.92 Å². The summed E-state index contributed by atoms with van der Waals surface area (Å²) in [6, 6.07) is 9.76. The topological polar surface area (TPSA) is 90.4 Å². The second-order valence-corrected chi connectivity index (χ2v) is 7.53. The molecule has 2 heterocycles. The number of amides is 2. The average molecular weight is 389 g/mol. The van der Waals surface area contributed by atoms with Gasteiger partial charge in [0, 0.05) is 39.1 Å². The Morgan fingerprint density at radius 1 is 1.25 bits per heavy atom. The molecule has 152 valence electrons. The number of hydrogen-bond donors (Lipinski definition) is 1. The second-order valence-electron chi connectivity index (χ2n) is 7.53. The highest BCUT2D eigenvalue weighted by Gasteiger charge is 2.38. The van der Waals surface area contributed by atoms with Gasteiger partial charge in [0.2, 0.25) is 11.8 Å². The fourth-order valence-electron chi connectivity index (χ4n) is 3.83. The highest BCUT2D eigenvalue weighted by atomic mass is 16.5. The first-order valence-electron chi connectivity index (χ1n) is 9.55. The molecular weight excluding hydrogens is 362 g/mol. The molecule has 8 heteroatoms. The number of rotatable bonds is 7. The van der Waals surface area contributed by atoms with Gasteiger partial charge in [0.15, 0.2) is 0 Å². The summed E-state index contributed by atoms with van der Waals surface area (Å²) in [4.78, 5) is 41.3. The van der Waals surface area contributed by atoms with Crippen LogP contribution in [0.3, 0.4) is 0 Å². The van der Waals surface area contributed by atoms with Crippen LogP contribution in [0.2, 0.25) is 0 Å². The van der Waals surface area contributed by atoms with Crippen LogP contribution in [0.1, 0.15) is 12.0 Å². The van der Waals surface area contributed by atoms with E-state index >= 15 is 0 Å². The molecule has 0 bridgehead atoms. The first kappa shape index (κ1) is 20.3. The van der Waals surface area contributed by atoms with Gasteiger partial charge in [0.05, 0.1) is 25.2 Å². The maximum absolute atomic E-state index is 12.9. The maximum Gasteiger partial charge on any atom is 0.317 e. The van der Waals surface area contributed by atoms with E-state index in [1.165, 1.54) is 0 Å². The lowest BCUT2D eigenvalue weighted by molar-refractivity contribution is -0.145. The molecule has 1 aromatic carbocycles. The van der Waals surface area contributed by atoms with Crippen LogP contribution in [-0.2, 0) is 25.7 Å². The molecule has 0 saturated carbocycles. The van der Waals surface area contributed by atoms with Crippen LogP contribution in [0.5, 0.6) is 0 Å². The van der Waals surface area contributed by atoms with E-state index in [1.807, 2.05) is 30.3 Å². The van der Waals surface area contributed by atoms with E-state index in [1.54, 1.807) is 21.7 Å². The molecule has 1 aromatic rings. The SMILES string of the molecule is CN(CC(=O)O)CC1CN(C(=O)C2CC(=O)N(Cc3ccccc3)C2)CCO1. The Balaban J connectivity index is 1.53. The Labute approximate surface area is 164 Å². The highest BCUT2D eigenvalue weighted by molar-refractivity contribution is 5.89. The third-order valence-electron chi connectivity index (χ3n) is 5.15. The van der Waals surface area contributed by atoms with Crippen LogP contribution >= 0.6 is 0 Å². The molecule has 2 fully saturated rings. The minimum absolute atomic E-state index is 0.00760. The summed E-state index contributed by atoms with van der Waals surface area (Å²) in [5.41, 5.74) is 1.05. The van der Waals surface area contributed by atoms with Crippen molar-refractivity contribution in [3.05, 3.63) is 35.9 Å². The number of aliphatic carboxylic acids is 1. The number of carbonyl (C=O) groups is 3. The quantitative estimate of drug-likeness (QED) is 0.720. The van der Waals surface area contributed by atoms with Gasteiger partial charge >= 0.3 is 5.97 Å². The van der Waals surface area contributed by atoms with Crippen molar-refractivity contribution in [2.45, 2.75) is 19.1 Å². The number of nitrogens with zero attached hydrogens (tertiary/aromatic N) is 3. The molecule has 8 nitrogen and oxygen atoms in total. The monoisotopic (exact) mass is 389 g/mol. The molecule has 2 unspecified atom stereocenters. The normalized spacial score (nSPS) is 22.7. The van der Waals surface area contributed by atoms with Gasteiger partial charge in [-0.05, 0) is 12.6 Å². The summed E-state index contributed by atoms with van der Waals surface area (Å²) in [6.07, 6.45) is 0.0201. The van der Waals surface area contributed by atoms with E-state index in [0.29, 0.717) is 39.3 Å². The predicted molar refractivity (Wildman–Crippen MR) is 101 cm³/mol. The molecule has 0 spiro atoms. The Kier molecular flexibility index (Phi) is 6.64. The molecule has 2 atom stereocenters. The van der Waals surface area contributed by atoms with Gasteiger partial charge in [0.25, 0.3) is 0 Å². The lowest BCUT2D eigenvalue weighted by atomic mass is 10.1. The zero-order valence-corrected chi connectivity index (χ0v) is 16.1. The molecule has 28 heavy (non-hydrogen) atoms. The molecular formula is C20H27N3O5. The van der Waals surface area contributed by atoms with Gasteiger partial charge in [-0.1, -0.05) is 30.3 Å². The lowest BCUT2D eigenvalue weighted by Crippen LogP contribution is -2.51. The van der Waals surface area contributed by atoms with Crippen LogP contribution in [0, 0.1) is 5.92 Å². The van der Waals surface area contributed by atoms with Gasteiger partial charge in [-0.15, -0.1) is 0 Å². The Hall–Kier alpha value is -2.45. The average Bonchev–Trinajstić information content (AvgIpc) is 3.02. The van der Waals surface area contributed by atoms with E-state index < -0.39 is 5.97 Å². The Morgan fingerprint density at radius 2 is 2.00 bits per heavy atom. The number of carbonyl (C=O) groups excluding carboxylic acids is 2. The summed E-state index contributed by atoms with van der Waals surface area (Å²) < 4.78 is 5.69. The van der Waals surface area contributed by atoms with Gasteiger partial charge in [0.1, 0.15) is 0 Å². The Bertz CT molecular complexity index is 711. The number of carboxylic acid groups (broad SMARTS) is 1. The van der Waals surface area contributed by atoms with Crippen LogP contribution < -0.4 is 0 Å². The van der Waals surface area contributed by atoms with Crippen molar-refractivity contribution in [2.75, 3.05) is 46.4 Å². The lowest BCUT2D eigenvalue weighted by Gasteiger charge is -2.35. The number of likely N-dealkylation sites (tertiary alicyclic amines) is 1. The van der Waals surface area contributed by atoms with Crippen molar-refractivity contribution in [3.8, 4) is 0 Å². The first-order valence-corrected chi connectivity index (χ1v) is 9.55. The molecule has 3 rings (SSSR count). The number of hydrogen-bond acceptors (Lipinski definition) is 5. The molecule has 0 aliphatic carbocycles. The zero-order valence-electron chi connectivity index (χ0n) is 16.1. The van der Waals surface area contributed by atoms with Gasteiger partial charge in [-0.3, -0.25) is 19.3 Å². The van der Waals surface area contributed by atoms with E-state index in [4.69, 9.17) is 9.84 Å². The van der Waals surface area contributed by atoms with Gasteiger partial charge in [-0.2, -0.15) is 0 Å². The van der Waals surface area contributed by atoms with E-state index in [-0.39, 0.29) is 36.8 Å². The van der Waals surface area contributed by atoms with Crippen LogP contribution in [-0.4, -0.2) is 90.1 Å². The number of benzene rings is 1. The maximum atomic E-state index is 12.9. The van der Waals surface area contributed by atoms with Crippen molar-refractivity contribution in [1.29, 1.82) is 0 Å². The van der Waals surface area contributed by atoms with Crippen molar-refractivity contribution < 1.29 is 24.2 Å². The molecule has 2 saturated heterocycles. The molecule has 0 radical (unpaired) electrons. The summed E-state index contributed by atoms with van der Waals surface area (Å²) in [5, 5.41) is 8.87. The molecule has 2 aliphatic heterocycles. The fourth-order valence-corrected chi connectivity index (χ4v) is 3.83. The number of likely N-dealkylation sites (N-methyl/N-ethyl adjacent to an activating group) is 1. The molecule has 0 aromatic heterocycles. The summed E-state index contributed by atoms with van der Waals surface area (Å²) in [5.74, 6) is -1.23. The van der Waals surface area contributed by atoms with Crippen LogP contribution in [0.4, 0.5) is 0 Å². The summed E-state index contributed by atoms with van der Waals surface area (Å²) in [7, 11) is 1.72. The first-order chi connectivity index (χ1) is 13.4. The van der Waals surface area contributed by atoms with E-state index in [9.17, 15) is 14.4 Å². The minimum atomic E-state index is -0.894. The smallest absolute Gasteiger partial charge is 0.317 e. The third kappa shape index (κ3) is 5.30. The van der Waals surface area contributed by atoms with E-state index in [2.05, 4.69) is 0 Å². The largest absolute Gasteiger partial charge is 0.480 e. The zero-order chi connectivity index (χ0) is 20.1. The van der Waals surface area contributed by atoms with E-state index in [0.717, 1.165) is 5.56 Å². The molecule has 1 N–H and O–H groups in total. The Morgan fingerprint density at radius 3 is 2.71 bits per heavy atom. The van der Waals surface area contributed by atoms with Crippen molar-refractivity contribution in [3.63, 3.8) is 0 Å². The predicted octanol–water partition coefficient (Wildman–Crippen LogP) is 0.279. The van der Waals surface area contributed by atoms with Crippen molar-refractivity contribution in [1.82, 2.24) is 14.7 Å². The number of morpholine rings is 1. The second kappa shape index (κ2) is 9.16. The molecule has 2 aliphatic rings. The van der Waals surface area contributed by atoms with Gasteiger partial charge < -0.3 is 19.6 Å². The standard InChI is InChI=1S/C20H27N3O5/c1-21(14-19(25)26)12-17-13-22(7-8-28-17)20(27)16-9-18(24)23(11-16)10-15-5-3-2-4-6-15/h2-6,16-17H,7-14H2,1H3,(H,25,26).